The smallest absolute Gasteiger partial charge is 0.182 e. The van der Waals surface area contributed by atoms with Crippen molar-refractivity contribution in [2.45, 2.75) is 0 Å². The minimum atomic E-state index is -0.0448. The second-order valence-electron chi connectivity index (χ2n) is 2.43. The van der Waals surface area contributed by atoms with E-state index in [2.05, 4.69) is 15.3 Å². The Morgan fingerprint density at radius 3 is 3.14 bits per heavy atom. The Labute approximate surface area is 81.7 Å². The second-order valence-corrected chi connectivity index (χ2v) is 2.43. The summed E-state index contributed by atoms with van der Waals surface area (Å²) < 4.78 is 0. The van der Waals surface area contributed by atoms with E-state index in [0.29, 0.717) is 5.84 Å². The van der Waals surface area contributed by atoms with Gasteiger partial charge in [-0.25, -0.2) is 0 Å². The highest BCUT2D eigenvalue weighted by molar-refractivity contribution is 5.99. The quantitative estimate of drug-likeness (QED) is 0.301. The first-order chi connectivity index (χ1) is 6.88. The highest BCUT2D eigenvalue weighted by Gasteiger charge is 2.00. The Morgan fingerprint density at radius 1 is 1.71 bits per heavy atom. The van der Waals surface area contributed by atoms with E-state index in [1.165, 1.54) is 0 Å². The third kappa shape index (κ3) is 2.84. The zero-order chi connectivity index (χ0) is 10.2. The van der Waals surface area contributed by atoms with Crippen LogP contribution in [0.15, 0.2) is 29.5 Å². The van der Waals surface area contributed by atoms with Gasteiger partial charge in [-0.05, 0) is 12.1 Å². The number of nitrogens with zero attached hydrogens (tertiary/aromatic N) is 3. The fourth-order valence-corrected chi connectivity index (χ4v) is 0.921. The van der Waals surface area contributed by atoms with Gasteiger partial charge >= 0.3 is 0 Å². The molecule has 0 saturated carbocycles. The van der Waals surface area contributed by atoms with Gasteiger partial charge in [0.05, 0.1) is 13.2 Å². The molecule has 1 heterocycles. The van der Waals surface area contributed by atoms with Gasteiger partial charge in [0.25, 0.3) is 0 Å². The van der Waals surface area contributed by atoms with Crippen molar-refractivity contribution in [2.75, 3.05) is 13.2 Å². The first-order valence-corrected chi connectivity index (χ1v) is 4.09. The van der Waals surface area contributed by atoms with Crippen LogP contribution in [0.2, 0.25) is 0 Å². The molecular weight excluding hydrogens is 180 g/mol. The molecule has 0 radical (unpaired) electrons. The number of rotatable bonds is 3. The van der Waals surface area contributed by atoms with E-state index in [9.17, 15) is 0 Å². The summed E-state index contributed by atoms with van der Waals surface area (Å²) in [6.45, 7) is 0.218. The maximum absolute atomic E-state index is 8.60. The molecule has 14 heavy (non-hydrogen) atoms. The van der Waals surface area contributed by atoms with E-state index in [1.807, 2.05) is 0 Å². The second kappa shape index (κ2) is 5.67. The lowest BCUT2D eigenvalue weighted by Gasteiger charge is -2.02. The van der Waals surface area contributed by atoms with Crippen molar-refractivity contribution in [2.24, 2.45) is 4.99 Å². The number of nitrogens with one attached hydrogen (secondary N) is 1. The van der Waals surface area contributed by atoms with Crippen LogP contribution in [0.4, 0.5) is 0 Å². The number of nitriles is 1. The van der Waals surface area contributed by atoms with Crippen molar-refractivity contribution in [3.05, 3.63) is 30.1 Å². The molecule has 1 rings (SSSR count). The zero-order valence-electron chi connectivity index (χ0n) is 7.51. The maximum Gasteiger partial charge on any atom is 0.182 e. The molecular formula is C9H10N4O. The molecule has 5 heteroatoms. The standard InChI is InChI=1S/C9H10N4O/c10-7-13-9(12-4-5-14)8-2-1-3-11-6-8/h1-3,6,14H,4-5H2,(H,12,13). The van der Waals surface area contributed by atoms with Crippen LogP contribution in [0.25, 0.3) is 0 Å². The number of aliphatic imine (C=N–C) groups is 1. The van der Waals surface area contributed by atoms with Gasteiger partial charge in [-0.15, -0.1) is 0 Å². The summed E-state index contributed by atoms with van der Waals surface area (Å²) in [6.07, 6.45) is 5.02. The van der Waals surface area contributed by atoms with Gasteiger partial charge < -0.3 is 5.11 Å². The van der Waals surface area contributed by atoms with Crippen molar-refractivity contribution in [3.63, 3.8) is 0 Å². The summed E-state index contributed by atoms with van der Waals surface area (Å²) in [7, 11) is 0. The SMILES string of the molecule is N#CNC(=NCCO)c1cccnc1. The largest absolute Gasteiger partial charge is 0.394 e. The van der Waals surface area contributed by atoms with Crippen molar-refractivity contribution in [1.29, 1.82) is 5.26 Å². The molecule has 1 aromatic rings. The summed E-state index contributed by atoms with van der Waals surface area (Å²) in [5.74, 6) is 0.426. The van der Waals surface area contributed by atoms with Crippen LogP contribution in [0.3, 0.4) is 0 Å². The van der Waals surface area contributed by atoms with Gasteiger partial charge in [0.15, 0.2) is 6.19 Å². The lowest BCUT2D eigenvalue weighted by molar-refractivity contribution is 0.307. The Morgan fingerprint density at radius 2 is 2.57 bits per heavy atom. The van der Waals surface area contributed by atoms with Crippen LogP contribution in [0.1, 0.15) is 5.56 Å². The van der Waals surface area contributed by atoms with Crippen molar-refractivity contribution < 1.29 is 5.11 Å². The molecule has 0 unspecified atom stereocenters. The predicted molar refractivity (Wildman–Crippen MR) is 51.5 cm³/mol. The number of aliphatic hydroxyl groups excluding tert-OH is 1. The topological polar surface area (TPSA) is 81.3 Å². The molecule has 5 nitrogen and oxygen atoms in total. The van der Waals surface area contributed by atoms with Crippen LogP contribution >= 0.6 is 0 Å². The number of aromatic nitrogens is 1. The molecule has 0 aliphatic heterocycles. The van der Waals surface area contributed by atoms with Gasteiger partial charge in [-0.3, -0.25) is 15.3 Å². The Hall–Kier alpha value is -1.93. The third-order valence-corrected chi connectivity index (χ3v) is 1.48. The van der Waals surface area contributed by atoms with E-state index >= 15 is 0 Å². The number of amidine groups is 1. The van der Waals surface area contributed by atoms with Crippen LogP contribution in [0, 0.1) is 11.5 Å². The number of pyridine rings is 1. The monoisotopic (exact) mass is 190 g/mol. The zero-order valence-corrected chi connectivity index (χ0v) is 7.51. The number of hydrogen-bond acceptors (Lipinski definition) is 4. The summed E-state index contributed by atoms with van der Waals surface area (Å²) in [5, 5.41) is 19.5. The summed E-state index contributed by atoms with van der Waals surface area (Å²) in [5.41, 5.74) is 0.725. The van der Waals surface area contributed by atoms with E-state index in [-0.39, 0.29) is 13.2 Å². The van der Waals surface area contributed by atoms with E-state index in [1.54, 1.807) is 30.7 Å². The summed E-state index contributed by atoms with van der Waals surface area (Å²) in [4.78, 5) is 7.90. The van der Waals surface area contributed by atoms with Crippen molar-refractivity contribution in [3.8, 4) is 6.19 Å². The third-order valence-electron chi connectivity index (χ3n) is 1.48. The summed E-state index contributed by atoms with van der Waals surface area (Å²) in [6, 6.07) is 3.54. The van der Waals surface area contributed by atoms with Crippen molar-refractivity contribution >= 4 is 5.84 Å². The summed E-state index contributed by atoms with van der Waals surface area (Å²) >= 11 is 0. The molecule has 1 aromatic heterocycles. The average molecular weight is 190 g/mol. The van der Waals surface area contributed by atoms with Gasteiger partial charge in [0, 0.05) is 18.0 Å². The Kier molecular flexibility index (Phi) is 4.11. The highest BCUT2D eigenvalue weighted by atomic mass is 16.3. The lowest BCUT2D eigenvalue weighted by Crippen LogP contribution is -2.20. The van der Waals surface area contributed by atoms with Crippen molar-refractivity contribution in [1.82, 2.24) is 10.3 Å². The van der Waals surface area contributed by atoms with E-state index in [4.69, 9.17) is 10.4 Å². The van der Waals surface area contributed by atoms with E-state index in [0.717, 1.165) is 5.56 Å². The fourth-order valence-electron chi connectivity index (χ4n) is 0.921. The molecule has 0 atom stereocenters. The van der Waals surface area contributed by atoms with E-state index < -0.39 is 0 Å². The molecule has 72 valence electrons. The number of aliphatic hydroxyl groups is 1. The molecule has 0 aliphatic rings. The van der Waals surface area contributed by atoms with Gasteiger partial charge in [-0.1, -0.05) is 0 Å². The minimum Gasteiger partial charge on any atom is -0.394 e. The Balaban J connectivity index is 2.84. The predicted octanol–water partition coefficient (Wildman–Crippen LogP) is -0.109. The van der Waals surface area contributed by atoms with Gasteiger partial charge in [0.2, 0.25) is 0 Å². The van der Waals surface area contributed by atoms with Crippen LogP contribution in [-0.2, 0) is 0 Å². The molecule has 0 aliphatic carbocycles. The normalized spacial score (nSPS) is 10.7. The molecule has 2 N–H and O–H groups in total. The number of hydrogen-bond donors (Lipinski definition) is 2. The van der Waals surface area contributed by atoms with Crippen LogP contribution in [-0.4, -0.2) is 29.1 Å². The first-order valence-electron chi connectivity index (χ1n) is 4.09. The van der Waals surface area contributed by atoms with Gasteiger partial charge in [0.1, 0.15) is 5.84 Å². The maximum atomic E-state index is 8.60. The van der Waals surface area contributed by atoms with Crippen LogP contribution in [0.5, 0.6) is 0 Å². The molecule has 0 amide bonds. The minimum absolute atomic E-state index is 0.0448. The van der Waals surface area contributed by atoms with Gasteiger partial charge in [-0.2, -0.15) is 5.26 Å². The molecule has 0 fully saturated rings. The lowest BCUT2D eigenvalue weighted by atomic mass is 10.2. The Bertz CT molecular complexity index is 342. The molecule has 0 bridgehead atoms. The molecule has 0 spiro atoms. The average Bonchev–Trinajstić information content (AvgIpc) is 2.25. The van der Waals surface area contributed by atoms with Crippen LogP contribution < -0.4 is 5.32 Å². The fraction of sp³-hybridized carbons (Fsp3) is 0.222. The molecule has 0 aromatic carbocycles. The first kappa shape index (κ1) is 10.2. The highest BCUT2D eigenvalue weighted by Crippen LogP contribution is 1.96. The molecule has 0 saturated heterocycles.